The molecular weight excluding hydrogens is 259 g/mol. The highest BCUT2D eigenvalue weighted by Gasteiger charge is 2.25. The minimum Gasteiger partial charge on any atom is -0.481 e. The van der Waals surface area contributed by atoms with Crippen molar-refractivity contribution in [1.82, 2.24) is 15.1 Å². The van der Waals surface area contributed by atoms with Crippen molar-refractivity contribution < 1.29 is 17.9 Å². The number of aromatic nitrogens is 2. The highest BCUT2D eigenvalue weighted by molar-refractivity contribution is 5.30. The van der Waals surface area contributed by atoms with Crippen LogP contribution in [0.2, 0.25) is 0 Å². The summed E-state index contributed by atoms with van der Waals surface area (Å²) in [5, 5.41) is 7.35. The lowest BCUT2D eigenvalue weighted by Gasteiger charge is -2.08. The van der Waals surface area contributed by atoms with Crippen molar-refractivity contribution in [3.8, 4) is 5.88 Å². The van der Waals surface area contributed by atoms with Crippen LogP contribution in [0.5, 0.6) is 5.88 Å². The van der Waals surface area contributed by atoms with E-state index in [1.165, 1.54) is 0 Å². The summed E-state index contributed by atoms with van der Waals surface area (Å²) in [6.07, 6.45) is -4.12. The third kappa shape index (κ3) is 5.10. The standard InChI is InChI=1S/C12H20F3N3O/c1-9-10(11(19-3)18(2)17-9)8-16-7-5-4-6-12(13,14)15/h16H,4-8H2,1-3H3. The van der Waals surface area contributed by atoms with Crippen LogP contribution in [-0.4, -0.2) is 29.6 Å². The zero-order valence-corrected chi connectivity index (χ0v) is 11.5. The number of hydrogen-bond acceptors (Lipinski definition) is 3. The number of nitrogens with zero attached hydrogens (tertiary/aromatic N) is 2. The quantitative estimate of drug-likeness (QED) is 0.780. The van der Waals surface area contributed by atoms with Crippen LogP contribution in [0.1, 0.15) is 30.5 Å². The second kappa shape index (κ2) is 6.79. The Morgan fingerprint density at radius 3 is 2.58 bits per heavy atom. The molecule has 110 valence electrons. The van der Waals surface area contributed by atoms with Gasteiger partial charge in [0.25, 0.3) is 0 Å². The molecule has 1 N–H and O–H groups in total. The summed E-state index contributed by atoms with van der Waals surface area (Å²) in [6.45, 7) is 2.98. The lowest BCUT2D eigenvalue weighted by atomic mass is 10.2. The maximum absolute atomic E-state index is 11.9. The van der Waals surface area contributed by atoms with Crippen molar-refractivity contribution in [2.24, 2.45) is 7.05 Å². The van der Waals surface area contributed by atoms with Gasteiger partial charge >= 0.3 is 6.18 Å². The first kappa shape index (κ1) is 15.8. The molecule has 0 aromatic carbocycles. The number of rotatable bonds is 7. The predicted octanol–water partition coefficient (Wildman–Crippen LogP) is 2.56. The molecule has 0 saturated heterocycles. The molecule has 0 bridgehead atoms. The first-order chi connectivity index (χ1) is 8.85. The molecule has 0 saturated carbocycles. The van der Waals surface area contributed by atoms with Gasteiger partial charge in [0.2, 0.25) is 5.88 Å². The van der Waals surface area contributed by atoms with E-state index >= 15 is 0 Å². The number of alkyl halides is 3. The molecule has 0 spiro atoms. The van der Waals surface area contributed by atoms with E-state index in [0.29, 0.717) is 25.4 Å². The predicted molar refractivity (Wildman–Crippen MR) is 66.1 cm³/mol. The Morgan fingerprint density at radius 2 is 2.00 bits per heavy atom. The Balaban J connectivity index is 2.30. The van der Waals surface area contributed by atoms with Crippen molar-refractivity contribution in [2.45, 2.75) is 38.9 Å². The van der Waals surface area contributed by atoms with Crippen molar-refractivity contribution in [1.29, 1.82) is 0 Å². The fourth-order valence-electron chi connectivity index (χ4n) is 1.93. The molecule has 0 aliphatic carbocycles. The van der Waals surface area contributed by atoms with Crippen LogP contribution in [0.3, 0.4) is 0 Å². The average Bonchev–Trinajstić information content (AvgIpc) is 2.56. The molecule has 1 aromatic heterocycles. The monoisotopic (exact) mass is 279 g/mol. The molecule has 0 atom stereocenters. The number of methoxy groups -OCH3 is 1. The van der Waals surface area contributed by atoms with Crippen molar-refractivity contribution in [3.05, 3.63) is 11.3 Å². The van der Waals surface area contributed by atoms with E-state index in [2.05, 4.69) is 10.4 Å². The summed E-state index contributed by atoms with van der Waals surface area (Å²) in [4.78, 5) is 0. The molecule has 1 heterocycles. The Morgan fingerprint density at radius 1 is 1.32 bits per heavy atom. The topological polar surface area (TPSA) is 39.1 Å². The maximum atomic E-state index is 11.9. The van der Waals surface area contributed by atoms with Gasteiger partial charge in [-0.1, -0.05) is 0 Å². The SMILES string of the molecule is COc1c(CNCCCCC(F)(F)F)c(C)nn1C. The molecule has 1 rings (SSSR count). The van der Waals surface area contributed by atoms with Gasteiger partial charge in [-0.3, -0.25) is 0 Å². The van der Waals surface area contributed by atoms with Crippen LogP contribution in [0, 0.1) is 6.92 Å². The van der Waals surface area contributed by atoms with Crippen LogP contribution in [0.25, 0.3) is 0 Å². The second-order valence-corrected chi connectivity index (χ2v) is 4.45. The van der Waals surface area contributed by atoms with Crippen molar-refractivity contribution in [2.75, 3.05) is 13.7 Å². The largest absolute Gasteiger partial charge is 0.481 e. The van der Waals surface area contributed by atoms with Gasteiger partial charge in [0.05, 0.1) is 18.4 Å². The molecule has 1 aromatic rings. The van der Waals surface area contributed by atoms with Crippen LogP contribution < -0.4 is 10.1 Å². The lowest BCUT2D eigenvalue weighted by molar-refractivity contribution is -0.135. The van der Waals surface area contributed by atoms with Crippen LogP contribution in [0.4, 0.5) is 13.2 Å². The molecule has 0 unspecified atom stereocenters. The minimum absolute atomic E-state index is 0.152. The van der Waals surface area contributed by atoms with Crippen LogP contribution in [-0.2, 0) is 13.6 Å². The fraction of sp³-hybridized carbons (Fsp3) is 0.750. The molecule has 4 nitrogen and oxygen atoms in total. The Bertz CT molecular complexity index is 402. The highest BCUT2D eigenvalue weighted by Crippen LogP contribution is 2.22. The van der Waals surface area contributed by atoms with Crippen molar-refractivity contribution >= 4 is 0 Å². The third-order valence-corrected chi connectivity index (χ3v) is 2.85. The van der Waals surface area contributed by atoms with Gasteiger partial charge in [-0.15, -0.1) is 0 Å². The first-order valence-electron chi connectivity index (χ1n) is 6.19. The molecule has 0 aliphatic heterocycles. The summed E-state index contributed by atoms with van der Waals surface area (Å²) >= 11 is 0. The Labute approximate surface area is 110 Å². The van der Waals surface area contributed by atoms with Gasteiger partial charge in [0.15, 0.2) is 0 Å². The Kier molecular flexibility index (Phi) is 5.65. The molecule has 0 radical (unpaired) electrons. The highest BCUT2D eigenvalue weighted by atomic mass is 19.4. The van der Waals surface area contributed by atoms with Gasteiger partial charge in [-0.2, -0.15) is 18.3 Å². The summed E-state index contributed by atoms with van der Waals surface area (Å²) in [5.74, 6) is 0.681. The van der Waals surface area contributed by atoms with E-state index in [1.807, 2.05) is 6.92 Å². The van der Waals surface area contributed by atoms with Gasteiger partial charge in [-0.25, -0.2) is 4.68 Å². The van der Waals surface area contributed by atoms with Gasteiger partial charge in [-0.05, 0) is 26.3 Å². The number of nitrogens with one attached hydrogen (secondary N) is 1. The van der Waals surface area contributed by atoms with Crippen molar-refractivity contribution in [3.63, 3.8) is 0 Å². The molecule has 0 amide bonds. The second-order valence-electron chi connectivity index (χ2n) is 4.45. The molecule has 0 aliphatic rings. The van der Waals surface area contributed by atoms with Gasteiger partial charge < -0.3 is 10.1 Å². The summed E-state index contributed by atoms with van der Waals surface area (Å²) in [6, 6.07) is 0. The summed E-state index contributed by atoms with van der Waals surface area (Å²) in [7, 11) is 3.36. The van der Waals surface area contributed by atoms with E-state index in [0.717, 1.165) is 11.3 Å². The van der Waals surface area contributed by atoms with Crippen LogP contribution in [0.15, 0.2) is 0 Å². The average molecular weight is 279 g/mol. The number of ether oxygens (including phenoxy) is 1. The first-order valence-corrected chi connectivity index (χ1v) is 6.19. The van der Waals surface area contributed by atoms with E-state index in [1.54, 1.807) is 18.8 Å². The number of halogens is 3. The number of aryl methyl sites for hydroxylation is 2. The smallest absolute Gasteiger partial charge is 0.389 e. The molecular formula is C12H20F3N3O. The zero-order chi connectivity index (χ0) is 14.5. The number of unbranched alkanes of at least 4 members (excludes halogenated alkanes) is 1. The van der Waals surface area contributed by atoms with E-state index in [-0.39, 0.29) is 6.42 Å². The van der Waals surface area contributed by atoms with E-state index in [9.17, 15) is 13.2 Å². The van der Waals surface area contributed by atoms with Crippen LogP contribution >= 0.6 is 0 Å². The zero-order valence-electron chi connectivity index (χ0n) is 11.5. The van der Waals surface area contributed by atoms with Gasteiger partial charge in [0, 0.05) is 20.0 Å². The van der Waals surface area contributed by atoms with Gasteiger partial charge in [0.1, 0.15) is 0 Å². The maximum Gasteiger partial charge on any atom is 0.389 e. The fourth-order valence-corrected chi connectivity index (χ4v) is 1.93. The van der Waals surface area contributed by atoms with E-state index in [4.69, 9.17) is 4.74 Å². The summed E-state index contributed by atoms with van der Waals surface area (Å²) < 4.78 is 42.7. The molecule has 0 fully saturated rings. The van der Waals surface area contributed by atoms with E-state index < -0.39 is 12.6 Å². The third-order valence-electron chi connectivity index (χ3n) is 2.85. The Hall–Kier alpha value is -1.24. The molecule has 7 heteroatoms. The minimum atomic E-state index is -4.05. The normalized spacial score (nSPS) is 11.9. The molecule has 19 heavy (non-hydrogen) atoms. The number of hydrogen-bond donors (Lipinski definition) is 1. The lowest BCUT2D eigenvalue weighted by Crippen LogP contribution is -2.16. The summed E-state index contributed by atoms with van der Waals surface area (Å²) in [5.41, 5.74) is 1.81.